The number of amides is 2. The second-order valence-electron chi connectivity index (χ2n) is 11.0. The highest BCUT2D eigenvalue weighted by Gasteiger charge is 2.43. The number of ether oxygens (including phenoxy) is 1. The third-order valence-electron chi connectivity index (χ3n) is 8.28. The van der Waals surface area contributed by atoms with Gasteiger partial charge in [-0.2, -0.15) is 4.98 Å². The molecule has 0 bridgehead atoms. The van der Waals surface area contributed by atoms with Crippen LogP contribution in [0.4, 0.5) is 0 Å². The SMILES string of the molecule is CN1CCOc2ccccc2CCCCCC2(CCN(C(=O)CCCc3nc(-c4ccccn4)no3)CC2)C1=O. The lowest BCUT2D eigenvalue weighted by Gasteiger charge is -2.42. The average Bonchev–Trinajstić information content (AvgIpc) is 3.46. The van der Waals surface area contributed by atoms with Crippen LogP contribution in [0.2, 0.25) is 0 Å². The number of carbonyl (C=O) groups excluding carboxylic acids is 2. The van der Waals surface area contributed by atoms with Gasteiger partial charge in [-0.15, -0.1) is 0 Å². The maximum Gasteiger partial charge on any atom is 0.228 e. The Morgan fingerprint density at radius 2 is 1.82 bits per heavy atom. The smallest absolute Gasteiger partial charge is 0.228 e. The van der Waals surface area contributed by atoms with Crippen LogP contribution in [0.3, 0.4) is 0 Å². The van der Waals surface area contributed by atoms with Gasteiger partial charge in [0.2, 0.25) is 23.5 Å². The highest BCUT2D eigenvalue weighted by molar-refractivity contribution is 5.83. The second-order valence-corrected chi connectivity index (χ2v) is 11.0. The monoisotopic (exact) mass is 545 g/mol. The van der Waals surface area contributed by atoms with Crippen LogP contribution in [0.5, 0.6) is 5.75 Å². The van der Waals surface area contributed by atoms with Crippen molar-refractivity contribution in [3.8, 4) is 17.3 Å². The van der Waals surface area contributed by atoms with Crippen LogP contribution in [0.25, 0.3) is 11.5 Å². The molecule has 2 aliphatic heterocycles. The molecule has 2 amide bonds. The van der Waals surface area contributed by atoms with Crippen LogP contribution in [0.15, 0.2) is 53.2 Å². The summed E-state index contributed by atoms with van der Waals surface area (Å²) in [6.07, 6.45) is 9.73. The number of likely N-dealkylation sites (N-methyl/N-ethyl adjacent to an activating group) is 1. The predicted molar refractivity (Wildman–Crippen MR) is 150 cm³/mol. The van der Waals surface area contributed by atoms with Crippen molar-refractivity contribution in [3.63, 3.8) is 0 Å². The van der Waals surface area contributed by atoms with Crippen LogP contribution >= 0.6 is 0 Å². The fraction of sp³-hybridized carbons (Fsp3) is 0.516. The standard InChI is InChI=1S/C31H39N5O4/c1-35-22-23-39-26-13-5-4-11-24(26)10-3-2-7-16-31(30(35)38)17-20-36(21-18-31)28(37)15-9-14-27-33-29(34-40-27)25-12-6-8-19-32-25/h4-6,8,11-13,19H,2-3,7,9-10,14-18,20-23H2,1H3. The second kappa shape index (κ2) is 13.1. The van der Waals surface area contributed by atoms with Crippen molar-refractivity contribution in [2.75, 3.05) is 33.3 Å². The number of fused-ring (bicyclic) bond motifs is 1. The van der Waals surface area contributed by atoms with E-state index in [1.165, 1.54) is 5.56 Å². The lowest BCUT2D eigenvalue weighted by Crippen LogP contribution is -2.51. The topological polar surface area (TPSA) is 102 Å². The molecule has 0 aliphatic carbocycles. The molecule has 2 aliphatic rings. The van der Waals surface area contributed by atoms with E-state index in [4.69, 9.17) is 9.26 Å². The van der Waals surface area contributed by atoms with Crippen molar-refractivity contribution in [3.05, 3.63) is 60.1 Å². The zero-order valence-corrected chi connectivity index (χ0v) is 23.4. The summed E-state index contributed by atoms with van der Waals surface area (Å²) in [5, 5.41) is 4.00. The van der Waals surface area contributed by atoms with Gasteiger partial charge in [-0.3, -0.25) is 14.6 Å². The maximum absolute atomic E-state index is 13.7. The normalized spacial score (nSPS) is 18.3. The minimum Gasteiger partial charge on any atom is -0.491 e. The summed E-state index contributed by atoms with van der Waals surface area (Å²) in [6.45, 7) is 2.26. The highest BCUT2D eigenvalue weighted by Crippen LogP contribution is 2.39. The number of nitrogens with zero attached hydrogens (tertiary/aromatic N) is 5. The Labute approximate surface area is 235 Å². The molecule has 4 heterocycles. The van der Waals surface area contributed by atoms with Crippen molar-refractivity contribution >= 4 is 11.8 Å². The van der Waals surface area contributed by atoms with Crippen molar-refractivity contribution < 1.29 is 18.8 Å². The molecule has 1 spiro atoms. The van der Waals surface area contributed by atoms with Crippen LogP contribution in [0.1, 0.15) is 62.8 Å². The molecule has 3 aromatic rings. The third-order valence-corrected chi connectivity index (χ3v) is 8.28. The van der Waals surface area contributed by atoms with Crippen molar-refractivity contribution in [1.82, 2.24) is 24.9 Å². The van der Waals surface area contributed by atoms with E-state index >= 15 is 0 Å². The minimum atomic E-state index is -0.405. The molecule has 0 N–H and O–H groups in total. The minimum absolute atomic E-state index is 0.121. The summed E-state index contributed by atoms with van der Waals surface area (Å²) in [6, 6.07) is 13.8. The molecule has 2 aromatic heterocycles. The number of hydrogen-bond donors (Lipinski definition) is 0. The molecule has 212 valence electrons. The van der Waals surface area contributed by atoms with E-state index in [0.29, 0.717) is 75.8 Å². The fourth-order valence-corrected chi connectivity index (χ4v) is 5.87. The first-order valence-corrected chi connectivity index (χ1v) is 14.5. The summed E-state index contributed by atoms with van der Waals surface area (Å²) < 4.78 is 11.4. The van der Waals surface area contributed by atoms with Crippen LogP contribution in [-0.4, -0.2) is 70.0 Å². The van der Waals surface area contributed by atoms with Gasteiger partial charge in [0.05, 0.1) is 12.0 Å². The van der Waals surface area contributed by atoms with Crippen molar-refractivity contribution in [2.45, 2.75) is 64.2 Å². The molecule has 0 unspecified atom stereocenters. The quantitative estimate of drug-likeness (QED) is 0.457. The number of hydrogen-bond acceptors (Lipinski definition) is 7. The van der Waals surface area contributed by atoms with Gasteiger partial charge >= 0.3 is 0 Å². The Morgan fingerprint density at radius 1 is 1.00 bits per heavy atom. The number of pyridine rings is 1. The molecule has 0 saturated carbocycles. The van der Waals surface area contributed by atoms with Gasteiger partial charge in [0.1, 0.15) is 18.1 Å². The van der Waals surface area contributed by atoms with Gasteiger partial charge in [-0.25, -0.2) is 0 Å². The maximum atomic E-state index is 13.7. The van der Waals surface area contributed by atoms with Crippen molar-refractivity contribution in [2.24, 2.45) is 5.41 Å². The molecule has 5 rings (SSSR count). The van der Waals surface area contributed by atoms with Gasteiger partial charge in [0.15, 0.2) is 0 Å². The Balaban J connectivity index is 1.12. The average molecular weight is 546 g/mol. The molecule has 0 radical (unpaired) electrons. The van der Waals surface area contributed by atoms with E-state index in [1.807, 2.05) is 47.2 Å². The van der Waals surface area contributed by atoms with E-state index in [2.05, 4.69) is 27.3 Å². The number of aromatic nitrogens is 3. The number of aryl methyl sites for hydroxylation is 2. The Hall–Kier alpha value is -3.75. The number of rotatable bonds is 5. The van der Waals surface area contributed by atoms with E-state index in [-0.39, 0.29) is 11.8 Å². The molecule has 1 fully saturated rings. The highest BCUT2D eigenvalue weighted by atomic mass is 16.5. The van der Waals surface area contributed by atoms with Crippen molar-refractivity contribution in [1.29, 1.82) is 0 Å². The van der Waals surface area contributed by atoms with E-state index in [1.54, 1.807) is 6.20 Å². The third kappa shape index (κ3) is 6.69. The number of piperidine rings is 1. The summed E-state index contributed by atoms with van der Waals surface area (Å²) in [5.74, 6) is 2.21. The van der Waals surface area contributed by atoms with E-state index in [0.717, 1.165) is 37.9 Å². The number of para-hydroxylation sites is 1. The Morgan fingerprint density at radius 3 is 2.65 bits per heavy atom. The van der Waals surface area contributed by atoms with E-state index < -0.39 is 5.41 Å². The first-order valence-electron chi connectivity index (χ1n) is 14.5. The van der Waals surface area contributed by atoms with Gasteiger partial charge in [-0.1, -0.05) is 42.3 Å². The van der Waals surface area contributed by atoms with Crippen LogP contribution < -0.4 is 4.74 Å². The van der Waals surface area contributed by atoms with Gasteiger partial charge in [-0.05, 0) is 62.3 Å². The summed E-state index contributed by atoms with van der Waals surface area (Å²) >= 11 is 0. The number of benzene rings is 1. The molecule has 1 saturated heterocycles. The van der Waals surface area contributed by atoms with Gasteiger partial charge in [0.25, 0.3) is 0 Å². The molecule has 0 atom stereocenters. The molecule has 40 heavy (non-hydrogen) atoms. The first-order chi connectivity index (χ1) is 19.5. The van der Waals surface area contributed by atoms with Gasteiger partial charge in [0, 0.05) is 39.2 Å². The zero-order valence-electron chi connectivity index (χ0n) is 23.4. The Bertz CT molecular complexity index is 1270. The summed E-state index contributed by atoms with van der Waals surface area (Å²) in [7, 11) is 1.88. The molecule has 9 heteroatoms. The van der Waals surface area contributed by atoms with Crippen LogP contribution in [0, 0.1) is 5.41 Å². The first kappa shape index (κ1) is 27.8. The predicted octanol–water partition coefficient (Wildman–Crippen LogP) is 4.72. The summed E-state index contributed by atoms with van der Waals surface area (Å²) in [5.41, 5.74) is 1.50. The zero-order chi connectivity index (χ0) is 27.8. The fourth-order valence-electron chi connectivity index (χ4n) is 5.87. The molecular formula is C31H39N5O4. The number of carbonyl (C=O) groups is 2. The largest absolute Gasteiger partial charge is 0.491 e. The lowest BCUT2D eigenvalue weighted by molar-refractivity contribution is -0.148. The molecule has 1 aromatic carbocycles. The van der Waals surface area contributed by atoms with Gasteiger partial charge < -0.3 is 19.1 Å². The summed E-state index contributed by atoms with van der Waals surface area (Å²) in [4.78, 5) is 39.1. The lowest BCUT2D eigenvalue weighted by atomic mass is 9.73. The number of likely N-dealkylation sites (tertiary alicyclic amines) is 1. The Kier molecular flexibility index (Phi) is 9.08. The van der Waals surface area contributed by atoms with Crippen LogP contribution in [-0.2, 0) is 22.4 Å². The van der Waals surface area contributed by atoms with E-state index in [9.17, 15) is 9.59 Å². The molecule has 9 nitrogen and oxygen atoms in total. The molecular weight excluding hydrogens is 506 g/mol.